The number of carbonyl (C=O) groups excluding carboxylic acids is 1. The van der Waals surface area contributed by atoms with Gasteiger partial charge in [0.25, 0.3) is 0 Å². The summed E-state index contributed by atoms with van der Waals surface area (Å²) in [5, 5.41) is 5.12. The van der Waals surface area contributed by atoms with E-state index in [1.54, 1.807) is 7.11 Å². The Labute approximate surface area is 167 Å². The highest BCUT2D eigenvalue weighted by Gasteiger charge is 2.33. The van der Waals surface area contributed by atoms with Gasteiger partial charge in [0.2, 0.25) is 0 Å². The van der Waals surface area contributed by atoms with Crippen molar-refractivity contribution in [2.45, 2.75) is 31.6 Å². The predicted molar refractivity (Wildman–Crippen MR) is 105 cm³/mol. The largest absolute Gasteiger partial charge is 0.497 e. The van der Waals surface area contributed by atoms with Gasteiger partial charge < -0.3 is 15.4 Å². The highest BCUT2D eigenvalue weighted by molar-refractivity contribution is 5.90. The van der Waals surface area contributed by atoms with Crippen molar-refractivity contribution in [3.8, 4) is 5.75 Å². The third kappa shape index (κ3) is 5.87. The summed E-state index contributed by atoms with van der Waals surface area (Å²) in [4.78, 5) is 14.5. The number of urea groups is 1. The van der Waals surface area contributed by atoms with Crippen LogP contribution in [0.4, 0.5) is 23.7 Å². The zero-order valence-electron chi connectivity index (χ0n) is 16.1. The lowest BCUT2D eigenvalue weighted by Crippen LogP contribution is -2.45. The molecular formula is C21H24F3N3O2. The first-order chi connectivity index (χ1) is 13.8. The van der Waals surface area contributed by atoms with Gasteiger partial charge in [0, 0.05) is 25.7 Å². The monoisotopic (exact) mass is 407 g/mol. The lowest BCUT2D eigenvalue weighted by Gasteiger charge is -2.32. The summed E-state index contributed by atoms with van der Waals surface area (Å²) in [6.07, 6.45) is -3.05. The van der Waals surface area contributed by atoms with Crippen LogP contribution in [0.25, 0.3) is 0 Å². The van der Waals surface area contributed by atoms with Gasteiger partial charge in [-0.3, -0.25) is 4.90 Å². The Morgan fingerprint density at radius 3 is 2.55 bits per heavy atom. The zero-order valence-corrected chi connectivity index (χ0v) is 16.1. The van der Waals surface area contributed by atoms with Gasteiger partial charge in [0.1, 0.15) is 5.75 Å². The highest BCUT2D eigenvalue weighted by atomic mass is 19.4. The van der Waals surface area contributed by atoms with Gasteiger partial charge in [0.05, 0.1) is 18.4 Å². The number of amides is 2. The Kier molecular flexibility index (Phi) is 6.64. The zero-order chi connectivity index (χ0) is 20.9. The van der Waals surface area contributed by atoms with Crippen molar-refractivity contribution in [2.75, 3.05) is 25.5 Å². The minimum absolute atomic E-state index is 0.0744. The summed E-state index contributed by atoms with van der Waals surface area (Å²) in [7, 11) is 1.63. The summed E-state index contributed by atoms with van der Waals surface area (Å²) < 4.78 is 44.4. The number of hydrogen-bond acceptors (Lipinski definition) is 3. The quantitative estimate of drug-likeness (QED) is 0.767. The van der Waals surface area contributed by atoms with Crippen LogP contribution < -0.4 is 15.4 Å². The number of nitrogens with zero attached hydrogens (tertiary/aromatic N) is 1. The lowest BCUT2D eigenvalue weighted by atomic mass is 10.0. The first-order valence-electron chi connectivity index (χ1n) is 9.44. The van der Waals surface area contributed by atoms with E-state index < -0.39 is 17.8 Å². The van der Waals surface area contributed by atoms with Gasteiger partial charge in [-0.15, -0.1) is 0 Å². The molecule has 5 nitrogen and oxygen atoms in total. The van der Waals surface area contributed by atoms with Crippen LogP contribution in [0.15, 0.2) is 48.5 Å². The number of methoxy groups -OCH3 is 1. The fraction of sp³-hybridized carbons (Fsp3) is 0.381. The molecule has 0 aliphatic carbocycles. The van der Waals surface area contributed by atoms with Gasteiger partial charge in [-0.1, -0.05) is 24.3 Å². The Morgan fingerprint density at radius 2 is 1.86 bits per heavy atom. The summed E-state index contributed by atoms with van der Waals surface area (Å²) in [6, 6.07) is 12.1. The molecule has 2 N–H and O–H groups in total. The number of para-hydroxylation sites is 1. The van der Waals surface area contributed by atoms with Crippen LogP contribution in [0.2, 0.25) is 0 Å². The van der Waals surface area contributed by atoms with Crippen LogP contribution in [0, 0.1) is 0 Å². The van der Waals surface area contributed by atoms with Crippen molar-refractivity contribution in [3.63, 3.8) is 0 Å². The van der Waals surface area contributed by atoms with Crippen molar-refractivity contribution in [1.29, 1.82) is 0 Å². The Hall–Kier alpha value is -2.74. The van der Waals surface area contributed by atoms with Crippen LogP contribution >= 0.6 is 0 Å². The number of piperidine rings is 1. The Bertz CT molecular complexity index is 834. The molecule has 3 rings (SSSR count). The van der Waals surface area contributed by atoms with Crippen LogP contribution in [0.3, 0.4) is 0 Å². The van der Waals surface area contributed by atoms with E-state index in [-0.39, 0.29) is 11.7 Å². The van der Waals surface area contributed by atoms with Gasteiger partial charge in [-0.25, -0.2) is 4.79 Å². The van der Waals surface area contributed by atoms with Crippen LogP contribution in [0.1, 0.15) is 24.0 Å². The van der Waals surface area contributed by atoms with E-state index in [4.69, 9.17) is 4.74 Å². The summed E-state index contributed by atoms with van der Waals surface area (Å²) in [5.74, 6) is 0.815. The molecule has 0 unspecified atom stereocenters. The number of hydrogen-bond donors (Lipinski definition) is 2. The molecule has 1 aliphatic heterocycles. The number of anilines is 1. The van der Waals surface area contributed by atoms with E-state index >= 15 is 0 Å². The Morgan fingerprint density at radius 1 is 1.14 bits per heavy atom. The molecule has 156 valence electrons. The minimum atomic E-state index is -4.52. The third-order valence-corrected chi connectivity index (χ3v) is 4.94. The van der Waals surface area contributed by atoms with Crippen molar-refractivity contribution in [3.05, 3.63) is 59.7 Å². The van der Waals surface area contributed by atoms with E-state index in [1.165, 1.54) is 18.2 Å². The second-order valence-corrected chi connectivity index (χ2v) is 7.04. The maximum atomic E-state index is 13.0. The van der Waals surface area contributed by atoms with Gasteiger partial charge >= 0.3 is 12.2 Å². The molecule has 1 fully saturated rings. The smallest absolute Gasteiger partial charge is 0.418 e. The number of carbonyl (C=O) groups is 1. The van der Waals surface area contributed by atoms with Crippen molar-refractivity contribution in [2.24, 2.45) is 0 Å². The van der Waals surface area contributed by atoms with Crippen molar-refractivity contribution >= 4 is 11.7 Å². The fourth-order valence-electron chi connectivity index (χ4n) is 3.45. The summed E-state index contributed by atoms with van der Waals surface area (Å²) in [5.41, 5.74) is 0.0495. The summed E-state index contributed by atoms with van der Waals surface area (Å²) in [6.45, 7) is 2.37. The van der Waals surface area contributed by atoms with Crippen molar-refractivity contribution in [1.82, 2.24) is 10.2 Å². The number of rotatable bonds is 5. The van der Waals surface area contributed by atoms with Crippen LogP contribution in [-0.4, -0.2) is 37.2 Å². The Balaban J connectivity index is 1.49. The van der Waals surface area contributed by atoms with Gasteiger partial charge in [0.15, 0.2) is 0 Å². The molecule has 0 atom stereocenters. The number of benzene rings is 2. The van der Waals surface area contributed by atoms with E-state index in [0.29, 0.717) is 0 Å². The lowest BCUT2D eigenvalue weighted by molar-refractivity contribution is -0.136. The molecule has 29 heavy (non-hydrogen) atoms. The second-order valence-electron chi connectivity index (χ2n) is 7.04. The average Bonchev–Trinajstić information content (AvgIpc) is 2.69. The summed E-state index contributed by atoms with van der Waals surface area (Å²) >= 11 is 0. The molecule has 8 heteroatoms. The normalized spacial score (nSPS) is 15.7. The number of ether oxygens (including phenoxy) is 1. The number of halogens is 3. The van der Waals surface area contributed by atoms with Crippen LogP contribution in [0.5, 0.6) is 5.75 Å². The molecule has 0 saturated carbocycles. The number of nitrogens with one attached hydrogen (secondary N) is 2. The maximum absolute atomic E-state index is 13.0. The number of alkyl halides is 3. The molecule has 2 aromatic rings. The first kappa shape index (κ1) is 21.0. The molecule has 1 aliphatic rings. The first-order valence-corrected chi connectivity index (χ1v) is 9.44. The molecule has 0 spiro atoms. The van der Waals surface area contributed by atoms with E-state index in [1.807, 2.05) is 24.3 Å². The third-order valence-electron chi connectivity index (χ3n) is 4.94. The molecular weight excluding hydrogens is 383 g/mol. The molecule has 2 amide bonds. The van der Waals surface area contributed by atoms with Crippen molar-refractivity contribution < 1.29 is 22.7 Å². The van der Waals surface area contributed by atoms with E-state index in [2.05, 4.69) is 15.5 Å². The molecule has 1 heterocycles. The molecule has 0 bridgehead atoms. The average molecular weight is 407 g/mol. The SMILES string of the molecule is COc1cccc(CN2CCC(NC(=O)Nc3ccccc3C(F)(F)F)CC2)c1. The highest BCUT2D eigenvalue weighted by Crippen LogP contribution is 2.34. The van der Waals surface area contributed by atoms with E-state index in [9.17, 15) is 18.0 Å². The molecule has 2 aromatic carbocycles. The maximum Gasteiger partial charge on any atom is 0.418 e. The molecule has 1 saturated heterocycles. The van der Waals surface area contributed by atoms with E-state index in [0.717, 1.165) is 49.9 Å². The van der Waals surface area contributed by atoms with Crippen LogP contribution in [-0.2, 0) is 12.7 Å². The predicted octanol–water partition coefficient (Wildman–Crippen LogP) is 4.50. The second kappa shape index (κ2) is 9.17. The minimum Gasteiger partial charge on any atom is -0.497 e. The topological polar surface area (TPSA) is 53.6 Å². The molecule has 0 aromatic heterocycles. The van der Waals surface area contributed by atoms with Gasteiger partial charge in [-0.2, -0.15) is 13.2 Å². The molecule has 0 radical (unpaired) electrons. The standard InChI is InChI=1S/C21H24F3N3O2/c1-29-17-6-4-5-15(13-17)14-27-11-9-16(10-12-27)25-20(28)26-19-8-3-2-7-18(19)21(22,23)24/h2-8,13,16H,9-12,14H2,1H3,(H2,25,26,28). The number of likely N-dealkylation sites (tertiary alicyclic amines) is 1. The fourth-order valence-corrected chi connectivity index (χ4v) is 3.45. The van der Waals surface area contributed by atoms with Gasteiger partial charge in [-0.05, 0) is 42.7 Å².